The standard InChI is InChI=1S/C28H31NO3S2/c30-34(31,25-15-8-3-9-16-25)27-18-19-28(33)29(21-23-11-4-1-5-12-23)26(27)17-10-20-32-22-24-13-6-2-7-14-24/h1-9,11-16,26-27H,10,17-22H2/t26-,27+/m0/s1. The van der Waals surface area contributed by atoms with Crippen LogP contribution in [0.4, 0.5) is 0 Å². The summed E-state index contributed by atoms with van der Waals surface area (Å²) in [4.78, 5) is 3.38. The van der Waals surface area contributed by atoms with Crippen molar-refractivity contribution in [1.29, 1.82) is 0 Å². The van der Waals surface area contributed by atoms with Gasteiger partial charge >= 0.3 is 0 Å². The molecule has 1 aliphatic heterocycles. The Balaban J connectivity index is 1.51. The van der Waals surface area contributed by atoms with Gasteiger partial charge in [0, 0.05) is 19.2 Å². The molecule has 3 aromatic carbocycles. The van der Waals surface area contributed by atoms with Crippen molar-refractivity contribution >= 4 is 27.0 Å². The van der Waals surface area contributed by atoms with Crippen molar-refractivity contribution in [2.45, 2.75) is 55.0 Å². The lowest BCUT2D eigenvalue weighted by Gasteiger charge is -2.43. The van der Waals surface area contributed by atoms with Crippen molar-refractivity contribution in [3.63, 3.8) is 0 Å². The van der Waals surface area contributed by atoms with Crippen LogP contribution in [0.3, 0.4) is 0 Å². The van der Waals surface area contributed by atoms with Gasteiger partial charge in [-0.3, -0.25) is 0 Å². The molecule has 6 heteroatoms. The predicted octanol–water partition coefficient (Wildman–Crippen LogP) is 5.82. The first-order valence-electron chi connectivity index (χ1n) is 11.8. The van der Waals surface area contributed by atoms with Crippen LogP contribution < -0.4 is 0 Å². The normalized spacial score (nSPS) is 18.7. The smallest absolute Gasteiger partial charge is 0.183 e. The molecule has 0 unspecified atom stereocenters. The van der Waals surface area contributed by atoms with E-state index in [2.05, 4.69) is 17.0 Å². The van der Waals surface area contributed by atoms with Crippen molar-refractivity contribution < 1.29 is 13.2 Å². The highest BCUT2D eigenvalue weighted by molar-refractivity contribution is 7.92. The second-order valence-corrected chi connectivity index (χ2v) is 11.3. The molecule has 178 valence electrons. The molecular weight excluding hydrogens is 462 g/mol. The quantitative estimate of drug-likeness (QED) is 0.263. The summed E-state index contributed by atoms with van der Waals surface area (Å²) in [5, 5.41) is -0.501. The van der Waals surface area contributed by atoms with E-state index in [0.717, 1.165) is 22.5 Å². The molecular formula is C28H31NO3S2. The molecule has 4 nitrogen and oxygen atoms in total. The van der Waals surface area contributed by atoms with Crippen molar-refractivity contribution in [3.05, 3.63) is 102 Å². The number of thiocarbonyl (C=S) groups is 1. The average Bonchev–Trinajstić information content (AvgIpc) is 2.87. The molecule has 0 N–H and O–H groups in total. The third-order valence-corrected chi connectivity index (χ3v) is 9.07. The number of nitrogens with zero attached hydrogens (tertiary/aromatic N) is 1. The van der Waals surface area contributed by atoms with Gasteiger partial charge in [-0.25, -0.2) is 8.42 Å². The molecule has 0 spiro atoms. The van der Waals surface area contributed by atoms with Crippen LogP contribution in [0.2, 0.25) is 0 Å². The SMILES string of the molecule is O=S(=O)(c1ccccc1)[C@@H]1CCC(=S)N(Cc2ccccc2)[C@H]1CCCOCc1ccccc1. The topological polar surface area (TPSA) is 46.6 Å². The highest BCUT2D eigenvalue weighted by atomic mass is 32.2. The number of rotatable bonds is 10. The van der Waals surface area contributed by atoms with Crippen LogP contribution in [0.5, 0.6) is 0 Å². The number of ether oxygens (including phenoxy) is 1. The maximum absolute atomic E-state index is 13.7. The van der Waals surface area contributed by atoms with Crippen molar-refractivity contribution in [1.82, 2.24) is 4.90 Å². The van der Waals surface area contributed by atoms with Gasteiger partial charge in [0.25, 0.3) is 0 Å². The molecule has 0 aliphatic carbocycles. The second-order valence-electron chi connectivity index (χ2n) is 8.69. The third-order valence-electron chi connectivity index (χ3n) is 6.36. The van der Waals surface area contributed by atoms with Gasteiger partial charge in [-0.15, -0.1) is 0 Å². The van der Waals surface area contributed by atoms with Crippen LogP contribution in [0.1, 0.15) is 36.8 Å². The van der Waals surface area contributed by atoms with E-state index >= 15 is 0 Å². The van der Waals surface area contributed by atoms with Crippen LogP contribution in [-0.2, 0) is 27.7 Å². The lowest BCUT2D eigenvalue weighted by molar-refractivity contribution is 0.110. The van der Waals surface area contributed by atoms with Crippen LogP contribution in [0.25, 0.3) is 0 Å². The summed E-state index contributed by atoms with van der Waals surface area (Å²) in [6, 6.07) is 28.8. The Morgan fingerprint density at radius 1 is 0.853 bits per heavy atom. The summed E-state index contributed by atoms with van der Waals surface area (Å²) in [5.74, 6) is 0. The van der Waals surface area contributed by atoms with Gasteiger partial charge in [-0.1, -0.05) is 91.1 Å². The minimum absolute atomic E-state index is 0.188. The van der Waals surface area contributed by atoms with Gasteiger partial charge < -0.3 is 9.64 Å². The zero-order chi connectivity index (χ0) is 23.8. The van der Waals surface area contributed by atoms with E-state index in [1.807, 2.05) is 54.6 Å². The van der Waals surface area contributed by atoms with Gasteiger partial charge in [0.1, 0.15) is 0 Å². The molecule has 1 aliphatic rings. The second kappa shape index (κ2) is 11.7. The molecule has 4 rings (SSSR count). The van der Waals surface area contributed by atoms with Crippen molar-refractivity contribution in [2.75, 3.05) is 6.61 Å². The number of likely N-dealkylation sites (tertiary alicyclic amines) is 1. The van der Waals surface area contributed by atoms with E-state index in [9.17, 15) is 8.42 Å². The molecule has 3 aromatic rings. The fraction of sp³-hybridized carbons (Fsp3) is 0.321. The van der Waals surface area contributed by atoms with E-state index in [4.69, 9.17) is 17.0 Å². The molecule has 1 heterocycles. The Labute approximate surface area is 208 Å². The summed E-state index contributed by atoms with van der Waals surface area (Å²) in [5.41, 5.74) is 2.27. The molecule has 0 amide bonds. The molecule has 0 bridgehead atoms. The van der Waals surface area contributed by atoms with E-state index in [-0.39, 0.29) is 6.04 Å². The average molecular weight is 494 g/mol. The summed E-state index contributed by atoms with van der Waals surface area (Å²) in [6.45, 7) is 1.76. The highest BCUT2D eigenvalue weighted by Crippen LogP contribution is 2.33. The zero-order valence-corrected chi connectivity index (χ0v) is 20.9. The zero-order valence-electron chi connectivity index (χ0n) is 19.3. The van der Waals surface area contributed by atoms with Gasteiger partial charge in [0.15, 0.2) is 9.84 Å². The lowest BCUT2D eigenvalue weighted by Crippen LogP contribution is -2.52. The first kappa shape index (κ1) is 24.6. The van der Waals surface area contributed by atoms with Crippen LogP contribution in [0.15, 0.2) is 95.9 Å². The fourth-order valence-corrected chi connectivity index (χ4v) is 6.95. The molecule has 0 saturated carbocycles. The Bertz CT molecular complexity index is 1150. The molecule has 34 heavy (non-hydrogen) atoms. The minimum Gasteiger partial charge on any atom is -0.377 e. The number of hydrogen-bond acceptors (Lipinski definition) is 4. The van der Waals surface area contributed by atoms with E-state index in [1.54, 1.807) is 24.3 Å². The lowest BCUT2D eigenvalue weighted by atomic mass is 9.96. The van der Waals surface area contributed by atoms with Crippen molar-refractivity contribution in [2.24, 2.45) is 0 Å². The first-order valence-corrected chi connectivity index (χ1v) is 13.7. The maximum atomic E-state index is 13.7. The van der Waals surface area contributed by atoms with Gasteiger partial charge in [0.05, 0.1) is 21.7 Å². The number of hydrogen-bond donors (Lipinski definition) is 0. The predicted molar refractivity (Wildman–Crippen MR) is 140 cm³/mol. The van der Waals surface area contributed by atoms with Gasteiger partial charge in [-0.05, 0) is 48.9 Å². The highest BCUT2D eigenvalue weighted by Gasteiger charge is 2.41. The molecule has 0 radical (unpaired) electrons. The molecule has 1 fully saturated rings. The largest absolute Gasteiger partial charge is 0.377 e. The summed E-state index contributed by atoms with van der Waals surface area (Å²) >= 11 is 5.76. The van der Waals surface area contributed by atoms with Crippen LogP contribution >= 0.6 is 12.2 Å². The van der Waals surface area contributed by atoms with Crippen molar-refractivity contribution in [3.8, 4) is 0 Å². The fourth-order valence-electron chi connectivity index (χ4n) is 4.62. The monoisotopic (exact) mass is 493 g/mol. The number of sulfone groups is 1. The molecule has 2 atom stereocenters. The van der Waals surface area contributed by atoms with Crippen LogP contribution in [-0.4, -0.2) is 36.2 Å². The Morgan fingerprint density at radius 2 is 1.44 bits per heavy atom. The van der Waals surface area contributed by atoms with E-state index < -0.39 is 15.1 Å². The summed E-state index contributed by atoms with van der Waals surface area (Å²) in [7, 11) is -3.49. The van der Waals surface area contributed by atoms with Gasteiger partial charge in [-0.2, -0.15) is 0 Å². The molecule has 1 saturated heterocycles. The van der Waals surface area contributed by atoms with Gasteiger partial charge in [0.2, 0.25) is 0 Å². The Kier molecular flexibility index (Phi) is 8.48. The Hall–Kier alpha value is -2.54. The molecule has 0 aromatic heterocycles. The Morgan fingerprint density at radius 3 is 2.09 bits per heavy atom. The number of piperidine rings is 1. The summed E-state index contributed by atoms with van der Waals surface area (Å²) in [6.07, 6.45) is 2.64. The summed E-state index contributed by atoms with van der Waals surface area (Å²) < 4.78 is 33.2. The van der Waals surface area contributed by atoms with E-state index in [1.165, 1.54) is 0 Å². The third kappa shape index (κ3) is 6.12. The maximum Gasteiger partial charge on any atom is 0.183 e. The minimum atomic E-state index is -3.49. The number of benzene rings is 3. The van der Waals surface area contributed by atoms with E-state index in [0.29, 0.717) is 43.9 Å². The first-order chi connectivity index (χ1) is 16.6. The van der Waals surface area contributed by atoms with Crippen LogP contribution in [0, 0.1) is 0 Å².